The number of nitrogens with one attached hydrogen (secondary N) is 1. The highest BCUT2D eigenvalue weighted by molar-refractivity contribution is 7.99. The molecule has 3 aromatic rings. The van der Waals surface area contributed by atoms with Crippen molar-refractivity contribution in [2.75, 3.05) is 29.1 Å². The number of aromatic nitrogens is 3. The zero-order valence-corrected chi connectivity index (χ0v) is 19.6. The van der Waals surface area contributed by atoms with E-state index in [9.17, 15) is 9.18 Å². The topological polar surface area (TPSA) is 63.1 Å². The zero-order valence-electron chi connectivity index (χ0n) is 18.0. The van der Waals surface area contributed by atoms with E-state index in [0.29, 0.717) is 23.2 Å². The number of halogens is 2. The quantitative estimate of drug-likeness (QED) is 0.311. The van der Waals surface area contributed by atoms with Gasteiger partial charge in [0.25, 0.3) is 0 Å². The number of rotatable bonds is 10. The summed E-state index contributed by atoms with van der Waals surface area (Å²) in [6.45, 7) is 10.5. The van der Waals surface area contributed by atoms with Crippen molar-refractivity contribution < 1.29 is 9.18 Å². The Bertz CT molecular complexity index is 1080. The smallest absolute Gasteiger partial charge is 0.234 e. The third-order valence-corrected chi connectivity index (χ3v) is 6.07. The zero-order chi connectivity index (χ0) is 23.1. The Balaban J connectivity index is 1.72. The van der Waals surface area contributed by atoms with E-state index >= 15 is 0 Å². The van der Waals surface area contributed by atoms with E-state index in [0.717, 1.165) is 24.3 Å². The summed E-state index contributed by atoms with van der Waals surface area (Å²) in [4.78, 5) is 14.6. The molecule has 0 atom stereocenters. The summed E-state index contributed by atoms with van der Waals surface area (Å²) in [7, 11) is 0. The van der Waals surface area contributed by atoms with Crippen LogP contribution in [0.5, 0.6) is 0 Å². The maximum Gasteiger partial charge on any atom is 0.234 e. The normalized spacial score (nSPS) is 10.8. The molecular formula is C23H25ClFN5OS. The molecular weight excluding hydrogens is 449 g/mol. The van der Waals surface area contributed by atoms with Crippen molar-refractivity contribution in [2.45, 2.75) is 25.5 Å². The van der Waals surface area contributed by atoms with Gasteiger partial charge in [-0.25, -0.2) is 4.39 Å². The van der Waals surface area contributed by atoms with Crippen molar-refractivity contribution in [3.8, 4) is 11.4 Å². The summed E-state index contributed by atoms with van der Waals surface area (Å²) in [6.07, 6.45) is 1.77. The number of amides is 1. The Morgan fingerprint density at radius 1 is 1.22 bits per heavy atom. The number of allylic oxidation sites excluding steroid dienone is 1. The average Bonchev–Trinajstić information content (AvgIpc) is 3.19. The third kappa shape index (κ3) is 5.69. The Morgan fingerprint density at radius 3 is 2.56 bits per heavy atom. The Morgan fingerprint density at radius 2 is 1.94 bits per heavy atom. The van der Waals surface area contributed by atoms with Gasteiger partial charge in [0, 0.05) is 36.6 Å². The van der Waals surface area contributed by atoms with Crippen molar-refractivity contribution in [2.24, 2.45) is 0 Å². The number of anilines is 2. The maximum absolute atomic E-state index is 13.3. The summed E-state index contributed by atoms with van der Waals surface area (Å²) < 4.78 is 15.2. The molecule has 0 unspecified atom stereocenters. The van der Waals surface area contributed by atoms with Crippen LogP contribution in [0.15, 0.2) is 60.3 Å². The standard InChI is InChI=1S/C23H25ClFN5OS/c1-4-13-30-22(16-7-10-18(11-8-16)29(5-2)6-3)27-28-23(30)32-15-21(31)26-17-9-12-20(25)19(24)14-17/h4,7-12,14H,1,5-6,13,15H2,2-3H3,(H,26,31). The van der Waals surface area contributed by atoms with Crippen LogP contribution >= 0.6 is 23.4 Å². The molecule has 0 aliphatic heterocycles. The van der Waals surface area contributed by atoms with Gasteiger partial charge < -0.3 is 10.2 Å². The Kier molecular flexibility index (Phi) is 8.30. The lowest BCUT2D eigenvalue weighted by Crippen LogP contribution is -2.21. The van der Waals surface area contributed by atoms with E-state index < -0.39 is 5.82 Å². The maximum atomic E-state index is 13.3. The number of carbonyl (C=O) groups excluding carboxylic acids is 1. The molecule has 1 heterocycles. The Labute approximate surface area is 196 Å². The molecule has 9 heteroatoms. The van der Waals surface area contributed by atoms with Crippen LogP contribution in [0.3, 0.4) is 0 Å². The minimum Gasteiger partial charge on any atom is -0.372 e. The lowest BCUT2D eigenvalue weighted by Gasteiger charge is -2.21. The first-order valence-electron chi connectivity index (χ1n) is 10.2. The highest BCUT2D eigenvalue weighted by Gasteiger charge is 2.16. The van der Waals surface area contributed by atoms with Gasteiger partial charge >= 0.3 is 0 Å². The molecule has 0 saturated carbocycles. The third-order valence-electron chi connectivity index (χ3n) is 4.82. The van der Waals surface area contributed by atoms with E-state index in [2.05, 4.69) is 53.0 Å². The fourth-order valence-electron chi connectivity index (χ4n) is 3.21. The van der Waals surface area contributed by atoms with Crippen molar-refractivity contribution in [3.63, 3.8) is 0 Å². The minimum absolute atomic E-state index is 0.0437. The largest absolute Gasteiger partial charge is 0.372 e. The molecule has 32 heavy (non-hydrogen) atoms. The molecule has 0 radical (unpaired) electrons. The monoisotopic (exact) mass is 473 g/mol. The number of hydrogen-bond acceptors (Lipinski definition) is 5. The van der Waals surface area contributed by atoms with Gasteiger partial charge in [0.2, 0.25) is 5.91 Å². The van der Waals surface area contributed by atoms with Crippen molar-refractivity contribution >= 4 is 40.6 Å². The van der Waals surface area contributed by atoms with Crippen LogP contribution in [0.4, 0.5) is 15.8 Å². The van der Waals surface area contributed by atoms with Gasteiger partial charge in [-0.2, -0.15) is 0 Å². The van der Waals surface area contributed by atoms with Crippen LogP contribution in [0, 0.1) is 5.82 Å². The first-order chi connectivity index (χ1) is 15.5. The van der Waals surface area contributed by atoms with Gasteiger partial charge in [-0.15, -0.1) is 16.8 Å². The lowest BCUT2D eigenvalue weighted by molar-refractivity contribution is -0.113. The van der Waals surface area contributed by atoms with Gasteiger partial charge in [-0.3, -0.25) is 9.36 Å². The van der Waals surface area contributed by atoms with Crippen LogP contribution in [-0.4, -0.2) is 39.5 Å². The fourth-order valence-corrected chi connectivity index (χ4v) is 4.14. The van der Waals surface area contributed by atoms with Crippen molar-refractivity contribution in [1.29, 1.82) is 0 Å². The predicted octanol–water partition coefficient (Wildman–Crippen LogP) is 5.50. The molecule has 0 aliphatic carbocycles. The number of hydrogen-bond donors (Lipinski definition) is 1. The first-order valence-corrected chi connectivity index (χ1v) is 11.6. The van der Waals surface area contributed by atoms with Gasteiger partial charge in [-0.1, -0.05) is 29.4 Å². The summed E-state index contributed by atoms with van der Waals surface area (Å²) in [5.41, 5.74) is 2.52. The molecule has 0 bridgehead atoms. The van der Waals surface area contributed by atoms with Crippen LogP contribution in [0.25, 0.3) is 11.4 Å². The molecule has 1 aromatic heterocycles. The first kappa shape index (κ1) is 23.8. The average molecular weight is 474 g/mol. The van der Waals surface area contributed by atoms with Gasteiger partial charge in [0.05, 0.1) is 10.8 Å². The second kappa shape index (κ2) is 11.2. The van der Waals surface area contributed by atoms with Gasteiger partial charge in [-0.05, 0) is 56.3 Å². The van der Waals surface area contributed by atoms with E-state index in [1.807, 2.05) is 16.7 Å². The molecule has 1 amide bonds. The molecule has 6 nitrogen and oxygen atoms in total. The minimum atomic E-state index is -0.533. The van der Waals surface area contributed by atoms with Crippen molar-refractivity contribution in [3.05, 3.63) is 66.0 Å². The summed E-state index contributed by atoms with van der Waals surface area (Å²) in [5.74, 6) is 0.0416. The number of carbonyl (C=O) groups is 1. The highest BCUT2D eigenvalue weighted by atomic mass is 35.5. The molecule has 2 aromatic carbocycles. The molecule has 168 valence electrons. The molecule has 0 spiro atoms. The summed E-state index contributed by atoms with van der Waals surface area (Å²) in [6, 6.07) is 12.2. The predicted molar refractivity (Wildman–Crippen MR) is 130 cm³/mol. The SMILES string of the molecule is C=CCn1c(SCC(=O)Nc2ccc(F)c(Cl)c2)nnc1-c1ccc(N(CC)CC)cc1. The van der Waals surface area contributed by atoms with E-state index in [1.54, 1.807) is 6.08 Å². The van der Waals surface area contributed by atoms with Gasteiger partial charge in [0.1, 0.15) is 5.82 Å². The van der Waals surface area contributed by atoms with E-state index in [-0.39, 0.29) is 16.7 Å². The van der Waals surface area contributed by atoms with E-state index in [4.69, 9.17) is 11.6 Å². The number of thioether (sulfide) groups is 1. The fraction of sp³-hybridized carbons (Fsp3) is 0.261. The van der Waals surface area contributed by atoms with E-state index in [1.165, 1.54) is 30.0 Å². The number of nitrogens with zero attached hydrogens (tertiary/aromatic N) is 4. The highest BCUT2D eigenvalue weighted by Crippen LogP contribution is 2.26. The van der Waals surface area contributed by atoms with Crippen molar-refractivity contribution in [1.82, 2.24) is 14.8 Å². The second-order valence-electron chi connectivity index (χ2n) is 6.89. The lowest BCUT2D eigenvalue weighted by atomic mass is 10.2. The molecule has 0 aliphatic rings. The summed E-state index contributed by atoms with van der Waals surface area (Å²) >= 11 is 7.03. The van der Waals surface area contributed by atoms with Crippen LogP contribution in [0.2, 0.25) is 5.02 Å². The Hall–Kier alpha value is -2.84. The number of benzene rings is 2. The molecule has 1 N–H and O–H groups in total. The van der Waals surface area contributed by atoms with Crippen LogP contribution in [-0.2, 0) is 11.3 Å². The molecule has 0 saturated heterocycles. The molecule has 3 rings (SSSR count). The van der Waals surface area contributed by atoms with Gasteiger partial charge in [0.15, 0.2) is 11.0 Å². The molecule has 0 fully saturated rings. The van der Waals surface area contributed by atoms with Crippen LogP contribution in [0.1, 0.15) is 13.8 Å². The summed E-state index contributed by atoms with van der Waals surface area (Å²) in [5, 5.41) is 11.9. The second-order valence-corrected chi connectivity index (χ2v) is 8.24. The van der Waals surface area contributed by atoms with Crippen LogP contribution < -0.4 is 10.2 Å².